The molecule has 0 amide bonds. The smallest absolute Gasteiger partial charge is 0.422 e. The van der Waals surface area contributed by atoms with E-state index in [9.17, 15) is 14.7 Å². The first-order chi connectivity index (χ1) is 19.0. The zero-order valence-corrected chi connectivity index (χ0v) is 21.9. The molecule has 6 rings (SSSR count). The van der Waals surface area contributed by atoms with Gasteiger partial charge in [0.05, 0.1) is 25.4 Å². The van der Waals surface area contributed by atoms with Crippen molar-refractivity contribution in [2.45, 2.75) is 62.8 Å². The molecule has 39 heavy (non-hydrogen) atoms. The van der Waals surface area contributed by atoms with E-state index in [1.165, 1.54) is 0 Å². The summed E-state index contributed by atoms with van der Waals surface area (Å²) < 4.78 is 39.4. The van der Waals surface area contributed by atoms with E-state index in [1.54, 1.807) is 7.11 Å². The second-order valence-corrected chi connectivity index (χ2v) is 10.7. The molecule has 0 bridgehead atoms. The minimum Gasteiger partial charge on any atom is -0.487 e. The molecule has 2 aromatic rings. The van der Waals surface area contributed by atoms with E-state index in [0.29, 0.717) is 36.8 Å². The number of aliphatic hydroxyl groups excluding tert-OH is 1. The summed E-state index contributed by atoms with van der Waals surface area (Å²) in [4.78, 5) is 25.6. The highest BCUT2D eigenvalue weighted by Crippen LogP contribution is 2.39. The minimum atomic E-state index is -1.85. The number of carbonyl (C=O) groups excluding carboxylic acids is 2. The Kier molecular flexibility index (Phi) is 7.36. The van der Waals surface area contributed by atoms with Gasteiger partial charge in [0.25, 0.3) is 5.88 Å². The molecule has 1 spiro atoms. The molecular weight excluding hydrogens is 512 g/mol. The molecule has 1 aromatic carbocycles. The Labute approximate surface area is 225 Å². The average Bonchev–Trinajstić information content (AvgIpc) is 3.64. The van der Waals surface area contributed by atoms with E-state index >= 15 is 0 Å². The number of ether oxygens (including phenoxy) is 6. The molecule has 1 saturated carbocycles. The number of aliphatic hydroxyl groups is 1. The van der Waals surface area contributed by atoms with Crippen molar-refractivity contribution in [1.29, 1.82) is 0 Å². The first-order valence-corrected chi connectivity index (χ1v) is 13.7. The number of rotatable bonds is 8. The number of hydrogen-bond acceptors (Lipinski definition) is 12. The molecule has 212 valence electrons. The number of benzene rings is 1. The maximum atomic E-state index is 11.7. The largest absolute Gasteiger partial charge is 0.487 e. The molecular formula is C27H34N2O10. The number of fused-ring (bicyclic) bond motifs is 1. The lowest BCUT2D eigenvalue weighted by Gasteiger charge is -2.42. The van der Waals surface area contributed by atoms with Gasteiger partial charge in [-0.2, -0.15) is 0 Å². The highest BCUT2D eigenvalue weighted by Gasteiger charge is 2.60. The zero-order valence-electron chi connectivity index (χ0n) is 21.9. The Morgan fingerprint density at radius 2 is 1.85 bits per heavy atom. The van der Waals surface area contributed by atoms with Gasteiger partial charge in [-0.15, -0.1) is 0 Å². The van der Waals surface area contributed by atoms with Crippen molar-refractivity contribution in [2.75, 3.05) is 40.0 Å². The van der Waals surface area contributed by atoms with Crippen molar-refractivity contribution < 1.29 is 47.6 Å². The van der Waals surface area contributed by atoms with Crippen LogP contribution in [0.2, 0.25) is 0 Å². The van der Waals surface area contributed by atoms with Gasteiger partial charge in [0, 0.05) is 13.7 Å². The van der Waals surface area contributed by atoms with Crippen LogP contribution in [-0.4, -0.2) is 91.3 Å². The zero-order chi connectivity index (χ0) is 27.0. The summed E-state index contributed by atoms with van der Waals surface area (Å²) in [5, 5.41) is 15.5. The number of carbonyl (C=O) groups is 2. The van der Waals surface area contributed by atoms with E-state index < -0.39 is 29.9 Å². The van der Waals surface area contributed by atoms with Crippen LogP contribution in [0.5, 0.6) is 11.6 Å². The van der Waals surface area contributed by atoms with Crippen LogP contribution in [-0.2, 0) is 28.5 Å². The molecule has 4 unspecified atom stereocenters. The predicted octanol–water partition coefficient (Wildman–Crippen LogP) is 2.02. The van der Waals surface area contributed by atoms with E-state index in [-0.39, 0.29) is 24.7 Å². The van der Waals surface area contributed by atoms with Crippen molar-refractivity contribution in [1.82, 2.24) is 10.1 Å². The van der Waals surface area contributed by atoms with Crippen LogP contribution in [0.15, 0.2) is 22.7 Å². The Morgan fingerprint density at radius 1 is 1.08 bits per heavy atom. The quantitative estimate of drug-likeness (QED) is 0.383. The molecule has 12 nitrogen and oxygen atoms in total. The fourth-order valence-corrected chi connectivity index (χ4v) is 6.07. The molecule has 1 N–H and O–H groups in total. The van der Waals surface area contributed by atoms with Crippen LogP contribution in [0.25, 0.3) is 11.0 Å². The van der Waals surface area contributed by atoms with Crippen LogP contribution in [0, 0.1) is 11.8 Å². The van der Waals surface area contributed by atoms with Crippen molar-refractivity contribution in [3.8, 4) is 11.6 Å². The van der Waals surface area contributed by atoms with Gasteiger partial charge in [0.2, 0.25) is 0 Å². The third-order valence-electron chi connectivity index (χ3n) is 8.29. The number of likely N-dealkylation sites (tertiary alicyclic amines) is 1. The summed E-state index contributed by atoms with van der Waals surface area (Å²) in [5.74, 6) is -3.33. The van der Waals surface area contributed by atoms with Gasteiger partial charge in [-0.1, -0.05) is 6.07 Å². The predicted molar refractivity (Wildman–Crippen MR) is 133 cm³/mol. The molecule has 4 atom stereocenters. The van der Waals surface area contributed by atoms with Crippen molar-refractivity contribution in [2.24, 2.45) is 11.8 Å². The third-order valence-corrected chi connectivity index (χ3v) is 8.29. The van der Waals surface area contributed by atoms with Gasteiger partial charge in [-0.25, -0.2) is 9.59 Å². The fourth-order valence-electron chi connectivity index (χ4n) is 6.07. The SMILES string of the molecule is COC1CCCC1Oc1cccc2onc(OCC3CCN(CC4C(O)CCOC45OC(=O)C(=O)O5)CC3)c12. The van der Waals surface area contributed by atoms with Crippen molar-refractivity contribution >= 4 is 22.9 Å². The molecule has 4 heterocycles. The second-order valence-electron chi connectivity index (χ2n) is 10.7. The van der Waals surface area contributed by atoms with Crippen LogP contribution in [0.4, 0.5) is 0 Å². The van der Waals surface area contributed by atoms with Gasteiger partial charge in [0.15, 0.2) is 5.58 Å². The normalized spacial score (nSPS) is 29.6. The Hall–Kier alpha value is -2.93. The molecule has 12 heteroatoms. The molecule has 4 fully saturated rings. The van der Waals surface area contributed by atoms with Crippen molar-refractivity contribution in [3.63, 3.8) is 0 Å². The van der Waals surface area contributed by atoms with E-state index in [4.69, 9.17) is 32.9 Å². The summed E-state index contributed by atoms with van der Waals surface area (Å²) in [7, 11) is 1.72. The number of methoxy groups -OCH3 is 1. The summed E-state index contributed by atoms with van der Waals surface area (Å²) in [6, 6.07) is 5.63. The standard InChI is InChI=1S/C27H34N2O10/c1-33-19-4-2-5-20(19)36-21-6-3-7-22-23(21)24(28-39-22)34-15-16-8-11-29(12-9-16)14-17-18(30)10-13-35-27(17)37-25(31)26(32)38-27/h3,6-7,16-20,30H,2,4-5,8-15H2,1H3. The summed E-state index contributed by atoms with van der Waals surface area (Å²) in [6.45, 7) is 2.46. The average molecular weight is 547 g/mol. The lowest BCUT2D eigenvalue weighted by atomic mass is 9.91. The number of aromatic nitrogens is 1. The highest BCUT2D eigenvalue weighted by atomic mass is 16.9. The third kappa shape index (κ3) is 5.18. The van der Waals surface area contributed by atoms with Crippen LogP contribution >= 0.6 is 0 Å². The molecule has 1 aliphatic carbocycles. The monoisotopic (exact) mass is 546 g/mol. The first kappa shape index (κ1) is 26.3. The summed E-state index contributed by atoms with van der Waals surface area (Å²) in [6.07, 6.45) is 4.29. The molecule has 4 aliphatic rings. The first-order valence-electron chi connectivity index (χ1n) is 13.7. The van der Waals surface area contributed by atoms with Gasteiger partial charge in [-0.3, -0.25) is 0 Å². The van der Waals surface area contributed by atoms with E-state index in [2.05, 4.69) is 10.1 Å². The van der Waals surface area contributed by atoms with Gasteiger partial charge in [0.1, 0.15) is 23.2 Å². The lowest BCUT2D eigenvalue weighted by molar-refractivity contribution is -0.373. The summed E-state index contributed by atoms with van der Waals surface area (Å²) >= 11 is 0. The second kappa shape index (κ2) is 10.9. The Morgan fingerprint density at radius 3 is 2.62 bits per heavy atom. The van der Waals surface area contributed by atoms with Gasteiger partial charge < -0.3 is 43.0 Å². The minimum absolute atomic E-state index is 0.0174. The summed E-state index contributed by atoms with van der Waals surface area (Å²) in [5.41, 5.74) is 0.611. The van der Waals surface area contributed by atoms with Gasteiger partial charge in [-0.05, 0) is 74.8 Å². The number of hydrogen-bond donors (Lipinski definition) is 1. The number of esters is 2. The maximum Gasteiger partial charge on any atom is 0.422 e. The fraction of sp³-hybridized carbons (Fsp3) is 0.667. The number of piperidine rings is 1. The van der Waals surface area contributed by atoms with E-state index in [1.807, 2.05) is 18.2 Å². The number of nitrogens with zero attached hydrogens (tertiary/aromatic N) is 2. The molecule has 3 saturated heterocycles. The van der Waals surface area contributed by atoms with Crippen molar-refractivity contribution in [3.05, 3.63) is 18.2 Å². The molecule has 3 aliphatic heterocycles. The van der Waals surface area contributed by atoms with Crippen LogP contribution in [0.3, 0.4) is 0 Å². The van der Waals surface area contributed by atoms with E-state index in [0.717, 1.165) is 50.6 Å². The van der Waals surface area contributed by atoms with Crippen LogP contribution in [0.1, 0.15) is 38.5 Å². The maximum absolute atomic E-state index is 11.7. The topological polar surface area (TPSA) is 139 Å². The Bertz CT molecular complexity index is 1180. The highest BCUT2D eigenvalue weighted by molar-refractivity contribution is 6.31. The lowest BCUT2D eigenvalue weighted by Crippen LogP contribution is -2.57. The van der Waals surface area contributed by atoms with Gasteiger partial charge >= 0.3 is 17.9 Å². The Balaban J connectivity index is 1.05. The van der Waals surface area contributed by atoms with Crippen LogP contribution < -0.4 is 9.47 Å². The molecule has 1 aromatic heterocycles. The molecule has 0 radical (unpaired) electrons.